The number of hydrogen-bond acceptors (Lipinski definition) is 1. The summed E-state index contributed by atoms with van der Waals surface area (Å²) in [5.74, 6) is 0. The number of fused-ring (bicyclic) bond motifs is 8. The normalized spacial score (nSPS) is 14.8. The maximum absolute atomic E-state index is 2.55. The number of nitrogens with zero attached hydrogens (tertiary/aromatic N) is 1. The fourth-order valence-electron chi connectivity index (χ4n) is 8.22. The number of benzene rings is 7. The van der Waals surface area contributed by atoms with E-state index in [2.05, 4.69) is 157 Å². The summed E-state index contributed by atoms with van der Waals surface area (Å²) in [4.78, 5) is 2.55. The largest absolute Gasteiger partial charge is 0.341 e. The van der Waals surface area contributed by atoms with Gasteiger partial charge in [0.15, 0.2) is 0 Å². The molecule has 0 amide bonds. The van der Waals surface area contributed by atoms with Gasteiger partial charge in [0.1, 0.15) is 0 Å². The van der Waals surface area contributed by atoms with Crippen molar-refractivity contribution in [2.24, 2.45) is 0 Å². The van der Waals surface area contributed by atoms with Crippen molar-refractivity contribution in [1.29, 1.82) is 0 Å². The van der Waals surface area contributed by atoms with E-state index in [9.17, 15) is 0 Å². The minimum absolute atomic E-state index is 0.436. The van der Waals surface area contributed by atoms with Crippen molar-refractivity contribution in [2.75, 3.05) is 11.4 Å². The Hall–Kier alpha value is -5.14. The van der Waals surface area contributed by atoms with E-state index < -0.39 is 5.41 Å². The lowest BCUT2D eigenvalue weighted by Gasteiger charge is -2.36. The Morgan fingerprint density at radius 2 is 1.30 bits per heavy atom. The van der Waals surface area contributed by atoms with Gasteiger partial charge in [-0.2, -0.15) is 0 Å². The lowest BCUT2D eigenvalue weighted by molar-refractivity contribution is 0.755. The van der Waals surface area contributed by atoms with Crippen LogP contribution in [0.4, 0.5) is 11.4 Å². The highest BCUT2D eigenvalue weighted by molar-refractivity contribution is 6.14. The van der Waals surface area contributed by atoms with Gasteiger partial charge in [-0.05, 0) is 98.5 Å². The molecule has 0 atom stereocenters. The van der Waals surface area contributed by atoms with E-state index in [-0.39, 0.29) is 0 Å². The fraction of sp³-hybridized carbons (Fsp3) is 0.116. The van der Waals surface area contributed by atoms with Crippen LogP contribution in [0, 0.1) is 6.92 Å². The van der Waals surface area contributed by atoms with Crippen molar-refractivity contribution < 1.29 is 0 Å². The second kappa shape index (κ2) is 9.69. The molecule has 0 N–H and O–H groups in total. The zero-order valence-electron chi connectivity index (χ0n) is 24.9. The number of anilines is 2. The first-order chi connectivity index (χ1) is 21.7. The van der Waals surface area contributed by atoms with Gasteiger partial charge in [0, 0.05) is 17.9 Å². The molecule has 1 nitrogen and oxygen atoms in total. The van der Waals surface area contributed by atoms with E-state index in [0.717, 1.165) is 19.4 Å². The summed E-state index contributed by atoms with van der Waals surface area (Å²) in [6, 6.07) is 54.8. The molecule has 7 aromatic rings. The molecule has 210 valence electrons. The van der Waals surface area contributed by atoms with Crippen LogP contribution in [0.1, 0.15) is 39.8 Å². The molecular formula is C43H33N. The second-order valence-corrected chi connectivity index (χ2v) is 12.5. The lowest BCUT2D eigenvalue weighted by atomic mass is 9.67. The van der Waals surface area contributed by atoms with Crippen LogP contribution >= 0.6 is 0 Å². The molecule has 1 aliphatic carbocycles. The van der Waals surface area contributed by atoms with E-state index in [4.69, 9.17) is 0 Å². The highest BCUT2D eigenvalue weighted by Crippen LogP contribution is 2.59. The minimum Gasteiger partial charge on any atom is -0.341 e. The lowest BCUT2D eigenvalue weighted by Crippen LogP contribution is -2.29. The average molecular weight is 564 g/mol. The molecule has 0 fully saturated rings. The smallest absolute Gasteiger partial charge is 0.0714 e. The molecule has 0 spiro atoms. The van der Waals surface area contributed by atoms with Crippen molar-refractivity contribution in [3.63, 3.8) is 0 Å². The second-order valence-electron chi connectivity index (χ2n) is 12.5. The Kier molecular flexibility index (Phi) is 5.59. The van der Waals surface area contributed by atoms with Gasteiger partial charge in [-0.15, -0.1) is 0 Å². The summed E-state index contributed by atoms with van der Waals surface area (Å²) in [6.45, 7) is 3.23. The quantitative estimate of drug-likeness (QED) is 0.193. The molecule has 1 heteroatoms. The van der Waals surface area contributed by atoms with E-state index in [1.165, 1.54) is 77.4 Å². The SMILES string of the molecule is Cc1ccc2c(c1)CCCN2c1ccc2c(c1)C(c1ccccc1)(c1ccccc1)c1ccc3c(ccc4ccccc43)c1-2. The first-order valence-electron chi connectivity index (χ1n) is 15.8. The van der Waals surface area contributed by atoms with Gasteiger partial charge in [-0.3, -0.25) is 0 Å². The monoisotopic (exact) mass is 563 g/mol. The van der Waals surface area contributed by atoms with Crippen molar-refractivity contribution in [3.05, 3.63) is 179 Å². The summed E-state index contributed by atoms with van der Waals surface area (Å²) < 4.78 is 0. The molecule has 0 saturated heterocycles. The Bertz CT molecular complexity index is 2170. The van der Waals surface area contributed by atoms with Crippen molar-refractivity contribution in [2.45, 2.75) is 25.2 Å². The Morgan fingerprint density at radius 1 is 0.568 bits per heavy atom. The third-order valence-electron chi connectivity index (χ3n) is 10.1. The molecule has 44 heavy (non-hydrogen) atoms. The van der Waals surface area contributed by atoms with Gasteiger partial charge in [-0.25, -0.2) is 0 Å². The third kappa shape index (κ3) is 3.53. The predicted octanol–water partition coefficient (Wildman–Crippen LogP) is 10.7. The van der Waals surface area contributed by atoms with Crippen LogP contribution in [-0.2, 0) is 11.8 Å². The number of aryl methyl sites for hydroxylation is 2. The molecule has 7 aromatic carbocycles. The molecule has 0 unspecified atom stereocenters. The first kappa shape index (κ1) is 25.4. The Balaban J connectivity index is 1.39. The number of hydrogen-bond donors (Lipinski definition) is 0. The summed E-state index contributed by atoms with van der Waals surface area (Å²) in [6.07, 6.45) is 2.30. The maximum atomic E-state index is 2.55. The first-order valence-corrected chi connectivity index (χ1v) is 15.8. The third-order valence-corrected chi connectivity index (χ3v) is 10.1. The molecule has 0 aromatic heterocycles. The molecule has 1 aliphatic heterocycles. The van der Waals surface area contributed by atoms with Gasteiger partial charge in [0.2, 0.25) is 0 Å². The van der Waals surface area contributed by atoms with Crippen molar-refractivity contribution >= 4 is 32.9 Å². The van der Waals surface area contributed by atoms with Crippen LogP contribution in [0.3, 0.4) is 0 Å². The van der Waals surface area contributed by atoms with Gasteiger partial charge in [0.05, 0.1) is 5.41 Å². The zero-order chi connectivity index (χ0) is 29.3. The molecule has 2 aliphatic rings. The van der Waals surface area contributed by atoms with Crippen LogP contribution < -0.4 is 4.90 Å². The number of rotatable bonds is 3. The van der Waals surface area contributed by atoms with Crippen LogP contribution in [0.15, 0.2) is 146 Å². The zero-order valence-corrected chi connectivity index (χ0v) is 24.9. The van der Waals surface area contributed by atoms with Gasteiger partial charge < -0.3 is 4.90 Å². The Labute approximate surface area is 259 Å². The van der Waals surface area contributed by atoms with Gasteiger partial charge in [0.25, 0.3) is 0 Å². The van der Waals surface area contributed by atoms with Crippen LogP contribution in [0.2, 0.25) is 0 Å². The van der Waals surface area contributed by atoms with Crippen molar-refractivity contribution in [3.8, 4) is 11.1 Å². The summed E-state index contributed by atoms with van der Waals surface area (Å²) in [7, 11) is 0. The maximum Gasteiger partial charge on any atom is 0.0714 e. The Morgan fingerprint density at radius 3 is 2.09 bits per heavy atom. The highest BCUT2D eigenvalue weighted by atomic mass is 15.1. The molecule has 0 saturated carbocycles. The fourth-order valence-corrected chi connectivity index (χ4v) is 8.22. The minimum atomic E-state index is -0.436. The van der Waals surface area contributed by atoms with E-state index >= 15 is 0 Å². The van der Waals surface area contributed by atoms with Crippen molar-refractivity contribution in [1.82, 2.24) is 0 Å². The van der Waals surface area contributed by atoms with Crippen LogP contribution in [-0.4, -0.2) is 6.54 Å². The van der Waals surface area contributed by atoms with Gasteiger partial charge in [-0.1, -0.05) is 133 Å². The van der Waals surface area contributed by atoms with E-state index in [1.807, 2.05) is 0 Å². The molecular weight excluding hydrogens is 530 g/mol. The predicted molar refractivity (Wildman–Crippen MR) is 185 cm³/mol. The standard InChI is InChI=1S/C43H33N/c1-29-18-25-41-31(27-29)12-10-26-44(41)34-20-22-38-40(28-34)43(32-13-4-2-5-14-32,33-15-6-3-7-16-33)39-24-23-36-35-17-9-8-11-30(35)19-21-37(36)42(38)39/h2-9,11,13-25,27-28H,10,12,26H2,1H3. The highest BCUT2D eigenvalue weighted by Gasteiger charge is 2.47. The molecule has 1 heterocycles. The molecule has 9 rings (SSSR count). The summed E-state index contributed by atoms with van der Waals surface area (Å²) >= 11 is 0. The summed E-state index contributed by atoms with van der Waals surface area (Å²) in [5.41, 5.74) is 13.0. The average Bonchev–Trinajstić information content (AvgIpc) is 3.39. The van der Waals surface area contributed by atoms with Gasteiger partial charge >= 0.3 is 0 Å². The topological polar surface area (TPSA) is 3.24 Å². The summed E-state index contributed by atoms with van der Waals surface area (Å²) in [5, 5.41) is 5.23. The van der Waals surface area contributed by atoms with E-state index in [0.29, 0.717) is 0 Å². The van der Waals surface area contributed by atoms with E-state index in [1.54, 1.807) is 0 Å². The molecule has 0 radical (unpaired) electrons. The van der Waals surface area contributed by atoms with Crippen LogP contribution in [0.5, 0.6) is 0 Å². The molecule has 0 bridgehead atoms. The van der Waals surface area contributed by atoms with Crippen LogP contribution in [0.25, 0.3) is 32.7 Å².